The van der Waals surface area contributed by atoms with Gasteiger partial charge in [-0.1, -0.05) is 6.07 Å². The van der Waals surface area contributed by atoms with Gasteiger partial charge >= 0.3 is 5.97 Å². The van der Waals surface area contributed by atoms with Crippen LogP contribution in [0.1, 0.15) is 32.6 Å². The summed E-state index contributed by atoms with van der Waals surface area (Å²) in [6.45, 7) is 0. The average Bonchev–Trinajstić information content (AvgIpc) is 2.61. The van der Waals surface area contributed by atoms with E-state index in [0.717, 1.165) is 12.1 Å². The van der Waals surface area contributed by atoms with Gasteiger partial charge in [0.05, 0.1) is 5.56 Å². The molecule has 0 saturated heterocycles. The highest BCUT2D eigenvalue weighted by molar-refractivity contribution is 5.87. The van der Waals surface area contributed by atoms with E-state index >= 15 is 0 Å². The summed E-state index contributed by atoms with van der Waals surface area (Å²) in [5.41, 5.74) is 0.557. The first-order valence-corrected chi connectivity index (χ1v) is 7.74. The molecule has 3 aromatic rings. The number of aromatic carboxylic acids is 1. The van der Waals surface area contributed by atoms with E-state index in [1.165, 1.54) is 24.7 Å². The van der Waals surface area contributed by atoms with Crippen LogP contribution in [0.4, 0.5) is 8.78 Å². The number of halogens is 2. The zero-order valence-corrected chi connectivity index (χ0v) is 13.5. The van der Waals surface area contributed by atoms with Gasteiger partial charge in [0, 0.05) is 37.0 Å². The van der Waals surface area contributed by atoms with Crippen molar-refractivity contribution in [1.29, 1.82) is 0 Å². The number of carbonyl (C=O) groups is 1. The SMILES string of the molecule is O=C(O)c1cncc(Cc2cc(F)c(Cc3ccc[nH]c3=O)cc2F)c1. The maximum absolute atomic E-state index is 14.4. The van der Waals surface area contributed by atoms with Crippen LogP contribution in [0, 0.1) is 11.6 Å². The van der Waals surface area contributed by atoms with E-state index in [-0.39, 0.29) is 35.1 Å². The van der Waals surface area contributed by atoms with Crippen LogP contribution in [0.5, 0.6) is 0 Å². The lowest BCUT2D eigenvalue weighted by Gasteiger charge is -2.09. The monoisotopic (exact) mass is 356 g/mol. The van der Waals surface area contributed by atoms with Gasteiger partial charge in [0.25, 0.3) is 5.56 Å². The van der Waals surface area contributed by atoms with Crippen LogP contribution in [0.25, 0.3) is 0 Å². The molecule has 0 aliphatic rings. The highest BCUT2D eigenvalue weighted by Gasteiger charge is 2.13. The number of hydrogen-bond acceptors (Lipinski definition) is 3. The van der Waals surface area contributed by atoms with Gasteiger partial charge in [-0.25, -0.2) is 13.6 Å². The fourth-order valence-corrected chi connectivity index (χ4v) is 2.62. The van der Waals surface area contributed by atoms with Gasteiger partial charge < -0.3 is 10.1 Å². The lowest BCUT2D eigenvalue weighted by atomic mass is 9.99. The van der Waals surface area contributed by atoms with Crippen molar-refractivity contribution in [2.24, 2.45) is 0 Å². The first-order chi connectivity index (χ1) is 12.4. The number of H-pyrrole nitrogens is 1. The highest BCUT2D eigenvalue weighted by atomic mass is 19.1. The molecule has 2 aromatic heterocycles. The molecule has 0 radical (unpaired) electrons. The van der Waals surface area contributed by atoms with Crippen LogP contribution < -0.4 is 5.56 Å². The number of rotatable bonds is 5. The molecule has 7 heteroatoms. The third-order valence-corrected chi connectivity index (χ3v) is 3.93. The number of carboxylic acids is 1. The summed E-state index contributed by atoms with van der Waals surface area (Å²) in [6, 6.07) is 6.65. The molecule has 0 atom stereocenters. The molecule has 0 aliphatic carbocycles. The van der Waals surface area contributed by atoms with Crippen molar-refractivity contribution >= 4 is 5.97 Å². The lowest BCUT2D eigenvalue weighted by Crippen LogP contribution is -2.12. The first kappa shape index (κ1) is 17.5. The minimum atomic E-state index is -1.14. The molecule has 26 heavy (non-hydrogen) atoms. The lowest BCUT2D eigenvalue weighted by molar-refractivity contribution is 0.0696. The molecule has 2 N–H and O–H groups in total. The fraction of sp³-hybridized carbons (Fsp3) is 0.105. The number of aromatic amines is 1. The predicted octanol–water partition coefficient (Wildman–Crippen LogP) is 2.93. The molecule has 132 valence electrons. The molecule has 0 fully saturated rings. The van der Waals surface area contributed by atoms with Gasteiger partial charge in [-0.15, -0.1) is 0 Å². The molecule has 1 aromatic carbocycles. The van der Waals surface area contributed by atoms with Crippen molar-refractivity contribution in [1.82, 2.24) is 9.97 Å². The van der Waals surface area contributed by atoms with Crippen molar-refractivity contribution in [3.05, 3.63) is 98.7 Å². The molecule has 0 aliphatic heterocycles. The third kappa shape index (κ3) is 3.83. The van der Waals surface area contributed by atoms with Crippen LogP contribution in [0.15, 0.2) is 53.7 Å². The minimum Gasteiger partial charge on any atom is -0.478 e. The number of nitrogens with zero attached hydrogens (tertiary/aromatic N) is 1. The van der Waals surface area contributed by atoms with Gasteiger partial charge in [-0.2, -0.15) is 0 Å². The summed E-state index contributed by atoms with van der Waals surface area (Å²) in [5.74, 6) is -2.41. The summed E-state index contributed by atoms with van der Waals surface area (Å²) >= 11 is 0. The normalized spacial score (nSPS) is 10.7. The van der Waals surface area contributed by atoms with E-state index in [2.05, 4.69) is 9.97 Å². The van der Waals surface area contributed by atoms with Gasteiger partial charge in [-0.05, 0) is 41.0 Å². The zero-order chi connectivity index (χ0) is 18.7. The van der Waals surface area contributed by atoms with Crippen molar-refractivity contribution in [3.63, 3.8) is 0 Å². The molecule has 0 saturated carbocycles. The molecule has 0 unspecified atom stereocenters. The van der Waals surface area contributed by atoms with Crippen LogP contribution in [-0.2, 0) is 12.8 Å². The van der Waals surface area contributed by atoms with E-state index in [1.807, 2.05) is 0 Å². The Bertz CT molecular complexity index is 1030. The van der Waals surface area contributed by atoms with E-state index in [9.17, 15) is 18.4 Å². The van der Waals surface area contributed by atoms with Gasteiger partial charge in [-0.3, -0.25) is 9.78 Å². The molecule has 0 spiro atoms. The van der Waals surface area contributed by atoms with Crippen molar-refractivity contribution in [2.75, 3.05) is 0 Å². The van der Waals surface area contributed by atoms with Crippen molar-refractivity contribution in [3.8, 4) is 0 Å². The maximum atomic E-state index is 14.4. The summed E-state index contributed by atoms with van der Waals surface area (Å²) in [5, 5.41) is 8.97. The molecule has 0 amide bonds. The quantitative estimate of drug-likeness (QED) is 0.736. The Morgan fingerprint density at radius 1 is 1.04 bits per heavy atom. The maximum Gasteiger partial charge on any atom is 0.337 e. The zero-order valence-electron chi connectivity index (χ0n) is 13.5. The Balaban J connectivity index is 1.88. The highest BCUT2D eigenvalue weighted by Crippen LogP contribution is 2.20. The second-order valence-electron chi connectivity index (χ2n) is 5.80. The van der Waals surface area contributed by atoms with Crippen LogP contribution in [0.2, 0.25) is 0 Å². The van der Waals surface area contributed by atoms with E-state index in [4.69, 9.17) is 5.11 Å². The summed E-state index contributed by atoms with van der Waals surface area (Å²) in [4.78, 5) is 28.9. The topological polar surface area (TPSA) is 83.0 Å². The number of pyridine rings is 2. The van der Waals surface area contributed by atoms with Crippen LogP contribution in [0.3, 0.4) is 0 Å². The second-order valence-corrected chi connectivity index (χ2v) is 5.80. The summed E-state index contributed by atoms with van der Waals surface area (Å²) in [7, 11) is 0. The molecular formula is C19H14F2N2O3. The standard InChI is InChI=1S/C19H14F2N2O3/c20-16-8-14(6-12-2-1-3-23-18(12)24)17(21)7-13(16)4-11-5-15(19(25)26)10-22-9-11/h1-3,5,7-10H,4,6H2,(H,23,24)(H,25,26). The summed E-state index contributed by atoms with van der Waals surface area (Å²) in [6.07, 6.45) is 4.02. The Hall–Kier alpha value is -3.35. The predicted molar refractivity (Wildman–Crippen MR) is 90.2 cm³/mol. The van der Waals surface area contributed by atoms with Crippen LogP contribution >= 0.6 is 0 Å². The number of hydrogen-bond donors (Lipinski definition) is 2. The Morgan fingerprint density at radius 2 is 1.73 bits per heavy atom. The Kier molecular flexibility index (Phi) is 4.88. The number of carboxylic acid groups (broad SMARTS) is 1. The van der Waals surface area contributed by atoms with Crippen molar-refractivity contribution < 1.29 is 18.7 Å². The number of benzene rings is 1. The molecule has 0 bridgehead atoms. The Morgan fingerprint density at radius 3 is 2.38 bits per heavy atom. The van der Waals surface area contributed by atoms with Gasteiger partial charge in [0.1, 0.15) is 11.6 Å². The first-order valence-electron chi connectivity index (χ1n) is 7.74. The molecule has 5 nitrogen and oxygen atoms in total. The van der Waals surface area contributed by atoms with Gasteiger partial charge in [0.2, 0.25) is 0 Å². The average molecular weight is 356 g/mol. The fourth-order valence-electron chi connectivity index (χ4n) is 2.62. The largest absolute Gasteiger partial charge is 0.478 e. The smallest absolute Gasteiger partial charge is 0.337 e. The van der Waals surface area contributed by atoms with Crippen LogP contribution in [-0.4, -0.2) is 21.0 Å². The van der Waals surface area contributed by atoms with E-state index < -0.39 is 17.6 Å². The molecule has 2 heterocycles. The third-order valence-electron chi connectivity index (χ3n) is 3.93. The molecule has 3 rings (SSSR count). The second kappa shape index (κ2) is 7.26. The Labute approximate surface area is 147 Å². The van der Waals surface area contributed by atoms with E-state index in [0.29, 0.717) is 11.1 Å². The minimum absolute atomic E-state index is 0.00305. The van der Waals surface area contributed by atoms with Gasteiger partial charge in [0.15, 0.2) is 0 Å². The van der Waals surface area contributed by atoms with Crippen molar-refractivity contribution in [2.45, 2.75) is 12.8 Å². The van der Waals surface area contributed by atoms with E-state index in [1.54, 1.807) is 12.1 Å². The number of aromatic nitrogens is 2. The number of nitrogens with one attached hydrogen (secondary N) is 1. The molecular weight excluding hydrogens is 342 g/mol. The summed E-state index contributed by atoms with van der Waals surface area (Å²) < 4.78 is 28.8.